The van der Waals surface area contributed by atoms with Crippen LogP contribution >= 0.6 is 0 Å². The normalized spacial score (nSPS) is 16.4. The fourth-order valence-electron chi connectivity index (χ4n) is 14.3. The van der Waals surface area contributed by atoms with Crippen molar-refractivity contribution in [1.29, 1.82) is 0 Å². The SMILES string of the molecule is CC(C)(C)c1ccc2c(c1)C(Cc1cccc(-c3cccc4c3-c3ccccc3C4(C)C)c1)Cc1cc(C(C)(C)C)cc3c1B2c1ccc(C(C)(C)C)cc1N3c1cccc(-c2cccc3c2-c2ccccc2C3(C)C)c1. The van der Waals surface area contributed by atoms with Gasteiger partial charge in [-0.05, 0) is 170 Å². The molecule has 0 bridgehead atoms. The van der Waals surface area contributed by atoms with Crippen molar-refractivity contribution in [3.05, 3.63) is 238 Å². The van der Waals surface area contributed by atoms with E-state index in [1.807, 2.05) is 0 Å². The third kappa shape index (κ3) is 7.78. The maximum Gasteiger partial charge on any atom is 0.247 e. The van der Waals surface area contributed by atoms with Crippen molar-refractivity contribution in [2.45, 2.75) is 136 Å². The lowest BCUT2D eigenvalue weighted by Crippen LogP contribution is -2.58. The van der Waals surface area contributed by atoms with E-state index in [1.54, 1.807) is 0 Å². The Kier molecular flexibility index (Phi) is 11.0. The summed E-state index contributed by atoms with van der Waals surface area (Å²) in [6.07, 6.45) is 1.89. The maximum atomic E-state index is 2.67. The van der Waals surface area contributed by atoms with E-state index in [1.165, 1.54) is 134 Å². The standard InChI is InChI=1S/C75H74BN/c1-71(2,3)51-34-36-64-59(43-51)49(39-46-22-18-23-47(38-46)55-28-20-32-62-68(55)57-26-14-16-30-60(57)74(62,10)11)40-50-41-53(73(7,8)9)45-67-70(50)76(64)65-37-35-52(72(4,5)6)44-66(65)77(67)54-25-19-24-48(42-54)56-29-21-33-63-69(56)58-27-15-17-31-61(58)75(63,12)13/h14-38,41-45,49H,39-40H2,1-13H3. The van der Waals surface area contributed by atoms with E-state index in [9.17, 15) is 0 Å². The number of hydrogen-bond acceptors (Lipinski definition) is 1. The minimum absolute atomic E-state index is 0.00836. The molecule has 2 heterocycles. The van der Waals surface area contributed by atoms with Crippen LogP contribution in [-0.2, 0) is 39.9 Å². The largest absolute Gasteiger partial charge is 0.311 e. The highest BCUT2D eigenvalue weighted by atomic mass is 15.2. The van der Waals surface area contributed by atoms with Gasteiger partial charge in [0.2, 0.25) is 6.71 Å². The number of fused-ring (bicyclic) bond motifs is 10. The molecule has 1 atom stereocenters. The van der Waals surface area contributed by atoms with Gasteiger partial charge in [0.1, 0.15) is 0 Å². The first kappa shape index (κ1) is 49.4. The number of anilines is 3. The molecule has 1 nitrogen and oxygen atoms in total. The fourth-order valence-corrected chi connectivity index (χ4v) is 14.3. The lowest BCUT2D eigenvalue weighted by molar-refractivity contribution is 0.584. The third-order valence-electron chi connectivity index (χ3n) is 18.6. The Morgan fingerprint density at radius 2 is 0.935 bits per heavy atom. The van der Waals surface area contributed by atoms with Crippen LogP contribution in [0.4, 0.5) is 17.1 Å². The molecule has 0 N–H and O–H groups in total. The summed E-state index contributed by atoms with van der Waals surface area (Å²) < 4.78 is 0. The molecule has 0 aromatic heterocycles. The van der Waals surface area contributed by atoms with Crippen LogP contribution in [0.15, 0.2) is 182 Å². The molecule has 9 aromatic carbocycles. The molecule has 0 spiro atoms. The molecule has 13 rings (SSSR count). The Labute approximate surface area is 460 Å². The summed E-state index contributed by atoms with van der Waals surface area (Å²) >= 11 is 0. The van der Waals surface area contributed by atoms with E-state index >= 15 is 0 Å². The molecule has 9 aromatic rings. The zero-order chi connectivity index (χ0) is 53.7. The van der Waals surface area contributed by atoms with Gasteiger partial charge >= 0.3 is 0 Å². The average Bonchev–Trinajstić information content (AvgIpc) is 4.04. The van der Waals surface area contributed by atoms with E-state index in [0.717, 1.165) is 12.8 Å². The summed E-state index contributed by atoms with van der Waals surface area (Å²) in [7, 11) is 0. The summed E-state index contributed by atoms with van der Waals surface area (Å²) in [4.78, 5) is 2.67. The maximum absolute atomic E-state index is 2.67. The second kappa shape index (κ2) is 17.2. The van der Waals surface area contributed by atoms with Crippen molar-refractivity contribution in [2.75, 3.05) is 4.90 Å². The monoisotopic (exact) mass is 1000 g/mol. The van der Waals surface area contributed by atoms with Gasteiger partial charge in [-0.2, -0.15) is 0 Å². The molecule has 4 aliphatic rings. The highest BCUT2D eigenvalue weighted by Gasteiger charge is 2.44. The number of rotatable bonds is 5. The number of hydrogen-bond donors (Lipinski definition) is 0. The Morgan fingerprint density at radius 1 is 0.442 bits per heavy atom. The van der Waals surface area contributed by atoms with Crippen molar-refractivity contribution in [2.24, 2.45) is 0 Å². The van der Waals surface area contributed by atoms with Crippen LogP contribution in [0.2, 0.25) is 0 Å². The molecule has 0 saturated carbocycles. The van der Waals surface area contributed by atoms with Crippen molar-refractivity contribution < 1.29 is 0 Å². The first-order valence-corrected chi connectivity index (χ1v) is 28.5. The van der Waals surface area contributed by atoms with Crippen molar-refractivity contribution in [3.63, 3.8) is 0 Å². The van der Waals surface area contributed by atoms with Gasteiger partial charge in [0.05, 0.1) is 0 Å². The Morgan fingerprint density at radius 3 is 1.53 bits per heavy atom. The molecule has 2 heteroatoms. The van der Waals surface area contributed by atoms with Crippen molar-refractivity contribution in [1.82, 2.24) is 0 Å². The first-order valence-electron chi connectivity index (χ1n) is 28.5. The first-order chi connectivity index (χ1) is 36.6. The van der Waals surface area contributed by atoms with Crippen LogP contribution in [0.25, 0.3) is 44.5 Å². The number of benzene rings is 9. The molecule has 2 aliphatic carbocycles. The number of nitrogens with zero attached hydrogens (tertiary/aromatic N) is 1. The van der Waals surface area contributed by atoms with Gasteiger partial charge in [-0.25, -0.2) is 0 Å². The van der Waals surface area contributed by atoms with Crippen LogP contribution < -0.4 is 21.3 Å². The predicted molar refractivity (Wildman–Crippen MR) is 331 cm³/mol. The fraction of sp³-hybridized carbons (Fsp3) is 0.280. The molecule has 0 fully saturated rings. The minimum Gasteiger partial charge on any atom is -0.311 e. The van der Waals surface area contributed by atoms with Crippen LogP contribution in [0, 0.1) is 0 Å². The highest BCUT2D eigenvalue weighted by molar-refractivity contribution is 6.98. The molecule has 77 heavy (non-hydrogen) atoms. The van der Waals surface area contributed by atoms with E-state index < -0.39 is 0 Å². The van der Waals surface area contributed by atoms with Gasteiger partial charge in [0.25, 0.3) is 0 Å². The van der Waals surface area contributed by atoms with Gasteiger partial charge < -0.3 is 4.90 Å². The lowest BCUT2D eigenvalue weighted by atomic mass is 9.34. The van der Waals surface area contributed by atoms with Crippen LogP contribution in [0.3, 0.4) is 0 Å². The Balaban J connectivity index is 1.01. The molecule has 0 amide bonds. The van der Waals surface area contributed by atoms with Crippen LogP contribution in [0.5, 0.6) is 0 Å². The smallest absolute Gasteiger partial charge is 0.247 e. The van der Waals surface area contributed by atoms with Gasteiger partial charge in [0.15, 0.2) is 0 Å². The summed E-state index contributed by atoms with van der Waals surface area (Å²) in [5.41, 5.74) is 32.6. The second-order valence-electron chi connectivity index (χ2n) is 27.4. The van der Waals surface area contributed by atoms with E-state index in [0.29, 0.717) is 0 Å². The average molecular weight is 1000 g/mol. The van der Waals surface area contributed by atoms with Gasteiger partial charge in [-0.15, -0.1) is 0 Å². The van der Waals surface area contributed by atoms with Gasteiger partial charge in [-0.3, -0.25) is 0 Å². The topological polar surface area (TPSA) is 3.24 Å². The van der Waals surface area contributed by atoms with Crippen LogP contribution in [-0.4, -0.2) is 6.71 Å². The predicted octanol–water partition coefficient (Wildman–Crippen LogP) is 17.7. The van der Waals surface area contributed by atoms with E-state index in [2.05, 4.69) is 277 Å². The van der Waals surface area contributed by atoms with Gasteiger partial charge in [0, 0.05) is 27.9 Å². The van der Waals surface area contributed by atoms with Crippen molar-refractivity contribution in [3.8, 4) is 44.5 Å². The molecule has 0 radical (unpaired) electrons. The molecule has 382 valence electrons. The zero-order valence-corrected chi connectivity index (χ0v) is 47.8. The highest BCUT2D eigenvalue weighted by Crippen LogP contribution is 2.54. The minimum atomic E-state index is -0.0849. The third-order valence-corrected chi connectivity index (χ3v) is 18.6. The molecule has 2 aliphatic heterocycles. The summed E-state index contributed by atoms with van der Waals surface area (Å²) in [6.45, 7) is 31.0. The second-order valence-corrected chi connectivity index (χ2v) is 27.4. The zero-order valence-electron chi connectivity index (χ0n) is 47.8. The lowest BCUT2D eigenvalue weighted by Gasteiger charge is -2.40. The Bertz CT molecular complexity index is 3900. The van der Waals surface area contributed by atoms with Crippen LogP contribution in [0.1, 0.15) is 152 Å². The molecule has 0 saturated heterocycles. The quantitative estimate of drug-likeness (QED) is 0.155. The summed E-state index contributed by atoms with van der Waals surface area (Å²) in [5.74, 6) is 0.245. The molecular weight excluding hydrogens is 926 g/mol. The summed E-state index contributed by atoms with van der Waals surface area (Å²) in [6, 6.07) is 71.5. The van der Waals surface area contributed by atoms with E-state index in [-0.39, 0.29) is 39.7 Å². The molecular formula is C75H74BN. The molecule has 1 unspecified atom stereocenters. The Hall–Kier alpha value is -7.16. The van der Waals surface area contributed by atoms with E-state index in [4.69, 9.17) is 0 Å². The summed E-state index contributed by atoms with van der Waals surface area (Å²) in [5, 5.41) is 0. The van der Waals surface area contributed by atoms with Gasteiger partial charge in [-0.1, -0.05) is 253 Å². The van der Waals surface area contributed by atoms with Crippen molar-refractivity contribution >= 4 is 40.2 Å².